The molecule has 2 atom stereocenters. The van der Waals surface area contributed by atoms with E-state index in [4.69, 9.17) is 5.11 Å². The molecule has 2 N–H and O–H groups in total. The fourth-order valence-electron chi connectivity index (χ4n) is 1.26. The quantitative estimate of drug-likeness (QED) is 0.770. The smallest absolute Gasteiger partial charge is 0.308 e. The molecule has 1 rings (SSSR count). The van der Waals surface area contributed by atoms with Crippen LogP contribution in [0.4, 0.5) is 0 Å². The van der Waals surface area contributed by atoms with Crippen LogP contribution in [0.15, 0.2) is 30.6 Å². The molecule has 0 spiro atoms. The topological polar surface area (TPSA) is 79.3 Å². The molecule has 0 saturated heterocycles. The summed E-state index contributed by atoms with van der Waals surface area (Å²) in [5, 5.41) is 11.4. The number of pyridine rings is 1. The highest BCUT2D eigenvalue weighted by Gasteiger charge is 2.19. The number of amides is 1. The molecule has 1 amide bonds. The van der Waals surface area contributed by atoms with Crippen LogP contribution in [0.5, 0.6) is 0 Å². The molecule has 0 aromatic carbocycles. The molecule has 0 aliphatic heterocycles. The van der Waals surface area contributed by atoms with Crippen LogP contribution in [0.2, 0.25) is 0 Å². The third kappa shape index (κ3) is 4.37. The van der Waals surface area contributed by atoms with Crippen molar-refractivity contribution in [1.82, 2.24) is 10.3 Å². The van der Waals surface area contributed by atoms with Crippen LogP contribution in [-0.2, 0) is 9.59 Å². The van der Waals surface area contributed by atoms with Crippen LogP contribution in [0.25, 0.3) is 6.08 Å². The average molecular weight is 248 g/mol. The first-order valence-electron chi connectivity index (χ1n) is 5.62. The van der Waals surface area contributed by atoms with E-state index in [0.29, 0.717) is 0 Å². The van der Waals surface area contributed by atoms with Crippen molar-refractivity contribution in [2.24, 2.45) is 5.92 Å². The van der Waals surface area contributed by atoms with E-state index >= 15 is 0 Å². The van der Waals surface area contributed by atoms with Gasteiger partial charge in [0.1, 0.15) is 0 Å². The normalized spacial score (nSPS) is 14.1. The summed E-state index contributed by atoms with van der Waals surface area (Å²) in [6.45, 7) is 3.21. The van der Waals surface area contributed by atoms with E-state index in [-0.39, 0.29) is 5.91 Å². The highest BCUT2D eigenvalue weighted by atomic mass is 16.4. The van der Waals surface area contributed by atoms with E-state index in [9.17, 15) is 9.59 Å². The third-order valence-corrected chi connectivity index (χ3v) is 2.62. The maximum Gasteiger partial charge on any atom is 0.308 e. The molecule has 2 unspecified atom stereocenters. The summed E-state index contributed by atoms with van der Waals surface area (Å²) >= 11 is 0. The molecule has 0 radical (unpaired) electrons. The van der Waals surface area contributed by atoms with Crippen molar-refractivity contribution in [2.45, 2.75) is 19.9 Å². The number of hydrogen-bond acceptors (Lipinski definition) is 3. The van der Waals surface area contributed by atoms with E-state index in [1.54, 1.807) is 38.4 Å². The Labute approximate surface area is 106 Å². The lowest BCUT2D eigenvalue weighted by atomic mass is 10.0. The van der Waals surface area contributed by atoms with Gasteiger partial charge < -0.3 is 10.4 Å². The first-order chi connectivity index (χ1) is 8.50. The van der Waals surface area contributed by atoms with Gasteiger partial charge in [0.05, 0.1) is 5.92 Å². The molecule has 1 aromatic rings. The number of nitrogens with zero attached hydrogens (tertiary/aromatic N) is 1. The highest BCUT2D eigenvalue weighted by molar-refractivity contribution is 5.92. The van der Waals surface area contributed by atoms with Gasteiger partial charge in [0.25, 0.3) is 0 Å². The van der Waals surface area contributed by atoms with Gasteiger partial charge in [-0.15, -0.1) is 0 Å². The van der Waals surface area contributed by atoms with Crippen molar-refractivity contribution < 1.29 is 14.7 Å². The molecule has 0 bridgehead atoms. The second kappa shape index (κ2) is 6.54. The van der Waals surface area contributed by atoms with Gasteiger partial charge in [-0.3, -0.25) is 14.6 Å². The van der Waals surface area contributed by atoms with Gasteiger partial charge in [-0.05, 0) is 31.6 Å². The molecule has 96 valence electrons. The number of carbonyl (C=O) groups is 2. The zero-order chi connectivity index (χ0) is 13.5. The zero-order valence-electron chi connectivity index (χ0n) is 10.3. The summed E-state index contributed by atoms with van der Waals surface area (Å²) in [7, 11) is 0. The van der Waals surface area contributed by atoms with Crippen molar-refractivity contribution >= 4 is 18.0 Å². The number of aliphatic carboxylic acids is 1. The summed E-state index contributed by atoms with van der Waals surface area (Å²) in [6.07, 6.45) is 6.27. The van der Waals surface area contributed by atoms with E-state index in [2.05, 4.69) is 10.3 Å². The van der Waals surface area contributed by atoms with Gasteiger partial charge in [0.15, 0.2) is 0 Å². The summed E-state index contributed by atoms with van der Waals surface area (Å²) in [5.74, 6) is -1.88. The Morgan fingerprint density at radius 1 is 1.44 bits per heavy atom. The largest absolute Gasteiger partial charge is 0.481 e. The molecule has 1 aromatic heterocycles. The molecule has 0 aliphatic carbocycles. The van der Waals surface area contributed by atoms with Gasteiger partial charge in [-0.2, -0.15) is 0 Å². The standard InChI is InChI=1S/C13H16N2O3/c1-9(13(17)18)10(2)15-12(16)6-5-11-4-3-7-14-8-11/h3-10H,1-2H3,(H,15,16)(H,17,18)/b6-5+. The predicted octanol–water partition coefficient (Wildman–Crippen LogP) is 1.32. The lowest BCUT2D eigenvalue weighted by Crippen LogP contribution is -2.39. The lowest BCUT2D eigenvalue weighted by Gasteiger charge is -2.16. The van der Waals surface area contributed by atoms with Crippen molar-refractivity contribution in [3.63, 3.8) is 0 Å². The minimum Gasteiger partial charge on any atom is -0.481 e. The Balaban J connectivity index is 2.52. The van der Waals surface area contributed by atoms with Gasteiger partial charge in [-0.25, -0.2) is 0 Å². The van der Waals surface area contributed by atoms with Gasteiger partial charge in [0, 0.05) is 24.5 Å². The molecular weight excluding hydrogens is 232 g/mol. The number of rotatable bonds is 5. The Bertz CT molecular complexity index is 443. The van der Waals surface area contributed by atoms with E-state index in [1.165, 1.54) is 6.08 Å². The van der Waals surface area contributed by atoms with Crippen LogP contribution < -0.4 is 5.32 Å². The fourth-order valence-corrected chi connectivity index (χ4v) is 1.26. The summed E-state index contributed by atoms with van der Waals surface area (Å²) in [5.41, 5.74) is 0.812. The number of aromatic nitrogens is 1. The van der Waals surface area contributed by atoms with Crippen molar-refractivity contribution in [3.8, 4) is 0 Å². The minimum absolute atomic E-state index is 0.320. The van der Waals surface area contributed by atoms with Crippen LogP contribution in [0.1, 0.15) is 19.4 Å². The van der Waals surface area contributed by atoms with Gasteiger partial charge in [-0.1, -0.05) is 6.07 Å². The fraction of sp³-hybridized carbons (Fsp3) is 0.308. The first-order valence-corrected chi connectivity index (χ1v) is 5.62. The molecular formula is C13H16N2O3. The van der Waals surface area contributed by atoms with Gasteiger partial charge in [0.2, 0.25) is 5.91 Å². The maximum absolute atomic E-state index is 11.5. The summed E-state index contributed by atoms with van der Waals surface area (Å²) in [4.78, 5) is 26.2. The Hall–Kier alpha value is -2.17. The second-order valence-electron chi connectivity index (χ2n) is 4.04. The van der Waals surface area contributed by atoms with E-state index < -0.39 is 17.9 Å². The Morgan fingerprint density at radius 3 is 2.72 bits per heavy atom. The molecule has 5 nitrogen and oxygen atoms in total. The van der Waals surface area contributed by atoms with Gasteiger partial charge >= 0.3 is 5.97 Å². The molecule has 5 heteroatoms. The van der Waals surface area contributed by atoms with E-state index in [1.807, 2.05) is 6.07 Å². The number of carboxylic acids is 1. The number of carbonyl (C=O) groups excluding carboxylic acids is 1. The zero-order valence-corrected chi connectivity index (χ0v) is 10.3. The average Bonchev–Trinajstić information content (AvgIpc) is 2.36. The predicted molar refractivity (Wildman–Crippen MR) is 67.7 cm³/mol. The minimum atomic E-state index is -0.931. The Morgan fingerprint density at radius 2 is 2.17 bits per heavy atom. The third-order valence-electron chi connectivity index (χ3n) is 2.62. The summed E-state index contributed by atoms with van der Waals surface area (Å²) < 4.78 is 0. The van der Waals surface area contributed by atoms with Crippen LogP contribution in [-0.4, -0.2) is 28.0 Å². The van der Waals surface area contributed by atoms with Crippen molar-refractivity contribution in [3.05, 3.63) is 36.2 Å². The molecule has 0 aliphatic rings. The van der Waals surface area contributed by atoms with Crippen molar-refractivity contribution in [2.75, 3.05) is 0 Å². The van der Waals surface area contributed by atoms with Crippen LogP contribution >= 0.6 is 0 Å². The van der Waals surface area contributed by atoms with Crippen LogP contribution in [0, 0.1) is 5.92 Å². The number of nitrogens with one attached hydrogen (secondary N) is 1. The molecule has 0 fully saturated rings. The highest BCUT2D eigenvalue weighted by Crippen LogP contribution is 2.03. The number of carboxylic acid groups (broad SMARTS) is 1. The van der Waals surface area contributed by atoms with Crippen molar-refractivity contribution in [1.29, 1.82) is 0 Å². The molecule has 18 heavy (non-hydrogen) atoms. The number of hydrogen-bond donors (Lipinski definition) is 2. The van der Waals surface area contributed by atoms with E-state index in [0.717, 1.165) is 5.56 Å². The Kier molecular flexibility index (Phi) is 5.05. The van der Waals surface area contributed by atoms with Crippen LogP contribution in [0.3, 0.4) is 0 Å². The maximum atomic E-state index is 11.5. The summed E-state index contributed by atoms with van der Waals surface area (Å²) in [6, 6.07) is 3.17. The lowest BCUT2D eigenvalue weighted by molar-refractivity contribution is -0.142. The first kappa shape index (κ1) is 13.9. The second-order valence-corrected chi connectivity index (χ2v) is 4.04. The SMILES string of the molecule is CC(NC(=O)/C=C/c1cccnc1)C(C)C(=O)O. The molecule has 1 heterocycles. The molecule has 0 saturated carbocycles. The monoisotopic (exact) mass is 248 g/mol.